The highest BCUT2D eigenvalue weighted by Gasteiger charge is 2.52. The Morgan fingerprint density at radius 2 is 2.00 bits per heavy atom. The molecule has 0 amide bonds. The van der Waals surface area contributed by atoms with E-state index in [1.165, 1.54) is 18.4 Å². The predicted molar refractivity (Wildman–Crippen MR) is 111 cm³/mol. The Morgan fingerprint density at radius 3 is 2.81 bits per heavy atom. The Morgan fingerprint density at radius 1 is 1.15 bits per heavy atom. The number of aromatic nitrogens is 3. The second-order valence-corrected chi connectivity index (χ2v) is 7.77. The standard InChI is InChI=1S/C20H22N6S/c27-19(22-12-15-4-2-1-3-5-15)26-11-10-25(13-20(26)7-8-20)18-16-6-9-21-17(16)23-14-24-18/h1-6,9,14H,7-8,10-13H2,(H,22,27)(H,21,23,24). The van der Waals surface area contributed by atoms with Crippen LogP contribution in [-0.2, 0) is 6.54 Å². The number of rotatable bonds is 3. The lowest BCUT2D eigenvalue weighted by atomic mass is 10.1. The summed E-state index contributed by atoms with van der Waals surface area (Å²) in [5.74, 6) is 1.02. The van der Waals surface area contributed by atoms with Crippen molar-refractivity contribution < 1.29 is 0 Å². The van der Waals surface area contributed by atoms with Crippen LogP contribution in [0.5, 0.6) is 0 Å². The van der Waals surface area contributed by atoms with Crippen molar-refractivity contribution in [3.63, 3.8) is 0 Å². The number of anilines is 1. The molecule has 0 atom stereocenters. The smallest absolute Gasteiger partial charge is 0.169 e. The molecule has 6 nitrogen and oxygen atoms in total. The molecule has 5 rings (SSSR count). The molecule has 0 bridgehead atoms. The molecule has 2 aromatic heterocycles. The fraction of sp³-hybridized carbons (Fsp3) is 0.350. The van der Waals surface area contributed by atoms with Crippen LogP contribution in [0.3, 0.4) is 0 Å². The maximum atomic E-state index is 5.75. The van der Waals surface area contributed by atoms with Gasteiger partial charge in [-0.2, -0.15) is 0 Å². The minimum absolute atomic E-state index is 0.145. The molecule has 2 aliphatic rings. The van der Waals surface area contributed by atoms with E-state index < -0.39 is 0 Å². The molecule has 0 unspecified atom stereocenters. The molecule has 1 saturated heterocycles. The molecular formula is C20H22N6S. The highest BCUT2D eigenvalue weighted by atomic mass is 32.1. The van der Waals surface area contributed by atoms with Crippen LogP contribution < -0.4 is 10.2 Å². The Bertz CT molecular complexity index is 965. The summed E-state index contributed by atoms with van der Waals surface area (Å²) >= 11 is 5.75. The molecule has 7 heteroatoms. The lowest BCUT2D eigenvalue weighted by Gasteiger charge is -2.44. The number of piperazine rings is 1. The van der Waals surface area contributed by atoms with Gasteiger partial charge in [0.25, 0.3) is 0 Å². The van der Waals surface area contributed by atoms with Gasteiger partial charge in [-0.1, -0.05) is 30.3 Å². The summed E-state index contributed by atoms with van der Waals surface area (Å²) in [5.41, 5.74) is 2.29. The molecule has 3 heterocycles. The zero-order chi connectivity index (χ0) is 18.3. The van der Waals surface area contributed by atoms with Crippen molar-refractivity contribution in [1.29, 1.82) is 0 Å². The van der Waals surface area contributed by atoms with Crippen molar-refractivity contribution in [2.24, 2.45) is 0 Å². The SMILES string of the molecule is S=C(NCc1ccccc1)N1CCN(c2ncnc3[nH]ccc23)CC12CC2. The first-order valence-corrected chi connectivity index (χ1v) is 9.78. The van der Waals surface area contributed by atoms with Crippen LogP contribution in [0, 0.1) is 0 Å². The van der Waals surface area contributed by atoms with Gasteiger partial charge >= 0.3 is 0 Å². The molecule has 1 aliphatic heterocycles. The van der Waals surface area contributed by atoms with E-state index in [-0.39, 0.29) is 5.54 Å². The van der Waals surface area contributed by atoms with Crippen LogP contribution >= 0.6 is 12.2 Å². The Labute approximate surface area is 163 Å². The Hall–Kier alpha value is -2.67. The molecular weight excluding hydrogens is 356 g/mol. The Balaban J connectivity index is 1.30. The number of thiocarbonyl (C=S) groups is 1. The van der Waals surface area contributed by atoms with Crippen molar-refractivity contribution in [2.45, 2.75) is 24.9 Å². The lowest BCUT2D eigenvalue weighted by molar-refractivity contribution is 0.256. The third-order valence-electron chi connectivity index (χ3n) is 5.64. The quantitative estimate of drug-likeness (QED) is 0.684. The normalized spacial score (nSPS) is 18.1. The number of H-pyrrole nitrogens is 1. The number of nitrogens with one attached hydrogen (secondary N) is 2. The van der Waals surface area contributed by atoms with Gasteiger partial charge in [-0.15, -0.1) is 0 Å². The van der Waals surface area contributed by atoms with Crippen LogP contribution in [0.15, 0.2) is 48.9 Å². The van der Waals surface area contributed by atoms with Crippen LogP contribution in [0.2, 0.25) is 0 Å². The van der Waals surface area contributed by atoms with Gasteiger partial charge in [0, 0.05) is 32.4 Å². The molecule has 2 fully saturated rings. The minimum Gasteiger partial charge on any atom is -0.358 e. The largest absolute Gasteiger partial charge is 0.358 e. The summed E-state index contributed by atoms with van der Waals surface area (Å²) in [7, 11) is 0. The maximum Gasteiger partial charge on any atom is 0.169 e. The number of hydrogen-bond donors (Lipinski definition) is 2. The third-order valence-corrected chi connectivity index (χ3v) is 6.01. The Kier molecular flexibility index (Phi) is 3.97. The van der Waals surface area contributed by atoms with Crippen LogP contribution in [0.4, 0.5) is 5.82 Å². The molecule has 0 radical (unpaired) electrons. The molecule has 138 valence electrons. The van der Waals surface area contributed by atoms with Gasteiger partial charge in [0.2, 0.25) is 0 Å². The van der Waals surface area contributed by atoms with Crippen molar-refractivity contribution in [3.05, 3.63) is 54.5 Å². The summed E-state index contributed by atoms with van der Waals surface area (Å²) in [6, 6.07) is 12.5. The fourth-order valence-corrected chi connectivity index (χ4v) is 4.38. The molecule has 3 aromatic rings. The minimum atomic E-state index is 0.145. The predicted octanol–water partition coefficient (Wildman–Crippen LogP) is 2.69. The number of fused-ring (bicyclic) bond motifs is 1. The van der Waals surface area contributed by atoms with Crippen molar-refractivity contribution >= 4 is 34.2 Å². The van der Waals surface area contributed by atoms with Crippen LogP contribution in [0.25, 0.3) is 11.0 Å². The molecule has 1 saturated carbocycles. The zero-order valence-electron chi connectivity index (χ0n) is 15.1. The van der Waals surface area contributed by atoms with E-state index in [0.717, 1.165) is 48.1 Å². The highest BCUT2D eigenvalue weighted by molar-refractivity contribution is 7.80. The van der Waals surface area contributed by atoms with Gasteiger partial charge < -0.3 is 20.1 Å². The fourth-order valence-electron chi connectivity index (χ4n) is 4.03. The summed E-state index contributed by atoms with van der Waals surface area (Å²) in [6.07, 6.45) is 5.93. The number of benzene rings is 1. The molecule has 1 aliphatic carbocycles. The second kappa shape index (κ2) is 6.49. The first kappa shape index (κ1) is 16.5. The molecule has 1 spiro atoms. The van der Waals surface area contributed by atoms with E-state index in [2.05, 4.69) is 60.4 Å². The van der Waals surface area contributed by atoms with E-state index >= 15 is 0 Å². The van der Waals surface area contributed by atoms with Gasteiger partial charge in [-0.25, -0.2) is 9.97 Å². The number of aromatic amines is 1. The number of nitrogens with zero attached hydrogens (tertiary/aromatic N) is 4. The highest BCUT2D eigenvalue weighted by Crippen LogP contribution is 2.45. The van der Waals surface area contributed by atoms with Crippen LogP contribution in [-0.4, -0.2) is 50.1 Å². The average molecular weight is 379 g/mol. The van der Waals surface area contributed by atoms with E-state index in [9.17, 15) is 0 Å². The third kappa shape index (κ3) is 3.02. The summed E-state index contributed by atoms with van der Waals surface area (Å²) in [6.45, 7) is 3.55. The topological polar surface area (TPSA) is 60.1 Å². The van der Waals surface area contributed by atoms with Crippen molar-refractivity contribution in [2.75, 3.05) is 24.5 Å². The van der Waals surface area contributed by atoms with E-state index in [1.54, 1.807) is 6.33 Å². The first-order chi connectivity index (χ1) is 13.3. The summed E-state index contributed by atoms with van der Waals surface area (Å²) in [4.78, 5) is 16.8. The van der Waals surface area contributed by atoms with E-state index in [1.807, 2.05) is 12.3 Å². The lowest BCUT2D eigenvalue weighted by Crippen LogP contribution is -2.59. The second-order valence-electron chi connectivity index (χ2n) is 7.38. The van der Waals surface area contributed by atoms with Gasteiger partial charge in [0.05, 0.1) is 10.9 Å². The average Bonchev–Trinajstić information content (AvgIpc) is 3.28. The monoisotopic (exact) mass is 378 g/mol. The van der Waals surface area contributed by atoms with E-state index in [0.29, 0.717) is 0 Å². The summed E-state index contributed by atoms with van der Waals surface area (Å²) < 4.78 is 0. The van der Waals surface area contributed by atoms with Gasteiger partial charge in [0.1, 0.15) is 17.8 Å². The molecule has 2 N–H and O–H groups in total. The van der Waals surface area contributed by atoms with Gasteiger partial charge in [-0.3, -0.25) is 0 Å². The van der Waals surface area contributed by atoms with Crippen molar-refractivity contribution in [1.82, 2.24) is 25.2 Å². The number of hydrogen-bond acceptors (Lipinski definition) is 4. The van der Waals surface area contributed by atoms with Crippen molar-refractivity contribution in [3.8, 4) is 0 Å². The summed E-state index contributed by atoms with van der Waals surface area (Å²) in [5, 5.41) is 5.41. The molecule has 1 aromatic carbocycles. The maximum absolute atomic E-state index is 5.75. The van der Waals surface area contributed by atoms with Crippen LogP contribution in [0.1, 0.15) is 18.4 Å². The van der Waals surface area contributed by atoms with Gasteiger partial charge in [-0.05, 0) is 36.7 Å². The van der Waals surface area contributed by atoms with E-state index in [4.69, 9.17) is 12.2 Å². The van der Waals surface area contributed by atoms with Gasteiger partial charge in [0.15, 0.2) is 5.11 Å². The molecule has 27 heavy (non-hydrogen) atoms. The first-order valence-electron chi connectivity index (χ1n) is 9.38. The zero-order valence-corrected chi connectivity index (χ0v) is 15.9.